The van der Waals surface area contributed by atoms with Gasteiger partial charge in [0, 0.05) is 12.2 Å². The molecule has 0 aliphatic carbocycles. The molecule has 2 aromatic rings. The Balaban J connectivity index is 0. The molecule has 0 aliphatic heterocycles. The van der Waals surface area contributed by atoms with Crippen molar-refractivity contribution in [2.45, 2.75) is 61.3 Å². The minimum atomic E-state index is -3.23. The first-order valence-electron chi connectivity index (χ1n) is 14.5. The van der Waals surface area contributed by atoms with Gasteiger partial charge >= 0.3 is 15.2 Å². The summed E-state index contributed by atoms with van der Waals surface area (Å²) in [4.78, 5) is 0. The van der Waals surface area contributed by atoms with E-state index in [2.05, 4.69) is 18.5 Å². The summed E-state index contributed by atoms with van der Waals surface area (Å²) >= 11 is 0. The highest BCUT2D eigenvalue weighted by Gasteiger charge is 2.25. The molecule has 4 N–H and O–H groups in total. The van der Waals surface area contributed by atoms with E-state index in [1.165, 1.54) is 6.82 Å². The van der Waals surface area contributed by atoms with Crippen LogP contribution in [-0.2, 0) is 27.2 Å². The minimum absolute atomic E-state index is 0.140. The molecule has 2 radical (unpaired) electrons. The van der Waals surface area contributed by atoms with Crippen molar-refractivity contribution >= 4 is 28.7 Å². The summed E-state index contributed by atoms with van der Waals surface area (Å²) in [7, 11) is -1.95. The van der Waals surface area contributed by atoms with Crippen LogP contribution in [0.3, 0.4) is 0 Å². The number of aliphatic hydroxyl groups is 1. The van der Waals surface area contributed by atoms with Crippen LogP contribution in [0.2, 0.25) is 6.82 Å². The monoisotopic (exact) mass is 676 g/mol. The van der Waals surface area contributed by atoms with Crippen molar-refractivity contribution in [1.29, 1.82) is 0 Å². The van der Waals surface area contributed by atoms with Crippen LogP contribution in [0.5, 0.6) is 11.5 Å². The van der Waals surface area contributed by atoms with E-state index in [0.717, 1.165) is 5.56 Å². The first-order valence-corrected chi connectivity index (χ1v) is 17.9. The molecule has 0 amide bonds. The molecule has 0 fully saturated rings. The number of ether oxygens (including phenoxy) is 2. The van der Waals surface area contributed by atoms with Crippen molar-refractivity contribution in [3.05, 3.63) is 59.7 Å². The van der Waals surface area contributed by atoms with E-state index in [0.29, 0.717) is 36.0 Å². The Morgan fingerprint density at radius 2 is 1.22 bits per heavy atom. The van der Waals surface area contributed by atoms with E-state index in [1.54, 1.807) is 84.0 Å². The fourth-order valence-electron chi connectivity index (χ4n) is 3.13. The third-order valence-corrected chi connectivity index (χ3v) is 8.53. The molecule has 1 atom stereocenters. The summed E-state index contributed by atoms with van der Waals surface area (Å²) in [6.07, 6.45) is -0.299. The van der Waals surface area contributed by atoms with E-state index >= 15 is 0 Å². The lowest BCUT2D eigenvalue weighted by molar-refractivity contribution is 0.133. The molecule has 0 bridgehead atoms. The minimum Gasteiger partial charge on any atom is -0.481 e. The Labute approximate surface area is 269 Å². The van der Waals surface area contributed by atoms with Crippen molar-refractivity contribution in [1.82, 2.24) is 5.48 Å². The lowest BCUT2D eigenvalue weighted by atomic mass is 10.1. The van der Waals surface area contributed by atoms with Gasteiger partial charge in [0.25, 0.3) is 0 Å². The molecule has 1 unspecified atom stereocenters. The Bertz CT molecular complexity index is 1140. The molecule has 0 spiro atoms. The van der Waals surface area contributed by atoms with Gasteiger partial charge in [0.15, 0.2) is 12.7 Å². The largest absolute Gasteiger partial charge is 0.481 e. The zero-order valence-electron chi connectivity index (χ0n) is 27.7. The summed E-state index contributed by atoms with van der Waals surface area (Å²) in [6, 6.07) is 13.9. The quantitative estimate of drug-likeness (QED) is 0.0444. The highest BCUT2D eigenvalue weighted by atomic mass is 31.2. The van der Waals surface area contributed by atoms with Crippen molar-refractivity contribution in [3.8, 4) is 11.5 Å². The summed E-state index contributed by atoms with van der Waals surface area (Å²) in [5, 5.41) is 28.3. The number of rotatable bonds is 17. The topological polar surface area (TPSA) is 175 Å². The van der Waals surface area contributed by atoms with E-state index in [-0.39, 0.29) is 38.6 Å². The number of hydrogen-bond donors (Lipinski definition) is 4. The van der Waals surface area contributed by atoms with Crippen LogP contribution >= 0.6 is 15.2 Å². The van der Waals surface area contributed by atoms with E-state index < -0.39 is 15.2 Å². The molecule has 2 aromatic carbocycles. The van der Waals surface area contributed by atoms with Crippen molar-refractivity contribution < 1.29 is 52.2 Å². The Morgan fingerprint density at radius 3 is 1.60 bits per heavy atom. The van der Waals surface area contributed by atoms with Crippen LogP contribution in [0.15, 0.2) is 53.7 Å². The second kappa shape index (κ2) is 26.9. The van der Waals surface area contributed by atoms with Gasteiger partial charge in [0.2, 0.25) is 0 Å². The molecule has 256 valence electrons. The zero-order chi connectivity index (χ0) is 34.7. The van der Waals surface area contributed by atoms with Gasteiger partial charge in [0.05, 0.1) is 46.0 Å². The maximum absolute atomic E-state index is 12.2. The first kappa shape index (κ1) is 44.9. The van der Waals surface area contributed by atoms with Gasteiger partial charge in [-0.1, -0.05) is 36.2 Å². The summed E-state index contributed by atoms with van der Waals surface area (Å²) in [6.45, 7) is 15.1. The molecule has 0 saturated carbocycles. The fraction of sp³-hybridized carbons (Fsp3) is 0.552. The number of hydroxylamine groups is 1. The third kappa shape index (κ3) is 19.8. The van der Waals surface area contributed by atoms with Crippen molar-refractivity contribution in [2.75, 3.05) is 45.7 Å². The number of hydrogen-bond acceptors (Lipinski definition) is 13. The van der Waals surface area contributed by atoms with Crippen molar-refractivity contribution in [2.24, 2.45) is 5.16 Å². The average molecular weight is 676 g/mol. The van der Waals surface area contributed by atoms with Crippen LogP contribution < -0.4 is 15.0 Å². The molecule has 16 heteroatoms. The van der Waals surface area contributed by atoms with Crippen LogP contribution in [0.1, 0.15) is 65.6 Å². The van der Waals surface area contributed by atoms with Crippen molar-refractivity contribution in [3.63, 3.8) is 0 Å². The number of benzene rings is 2. The molecule has 0 saturated heterocycles. The summed E-state index contributed by atoms with van der Waals surface area (Å²) in [5.41, 5.74) is 4.20. The average Bonchev–Trinajstić information content (AvgIpc) is 3.04. The Kier molecular flexibility index (Phi) is 26.8. The van der Waals surface area contributed by atoms with Gasteiger partial charge in [0.1, 0.15) is 11.5 Å². The number of nitrogens with one attached hydrogen (secondary N) is 1. The van der Waals surface area contributed by atoms with E-state index in [4.69, 9.17) is 43.1 Å². The van der Waals surface area contributed by atoms with Crippen LogP contribution in [0, 0.1) is 0 Å². The summed E-state index contributed by atoms with van der Waals surface area (Å²) in [5.74, 6) is 1.05. The predicted octanol–water partition coefficient (Wildman–Crippen LogP) is 7.02. The molecule has 2 rings (SSSR count). The van der Waals surface area contributed by atoms with Gasteiger partial charge in [-0.2, -0.15) is 5.48 Å². The van der Waals surface area contributed by atoms with Gasteiger partial charge in [-0.05, 0) is 78.3 Å². The third-order valence-electron chi connectivity index (χ3n) is 5.04. The van der Waals surface area contributed by atoms with Gasteiger partial charge in [-0.15, -0.1) is 0 Å². The lowest BCUT2D eigenvalue weighted by Gasteiger charge is -2.18. The number of nitrogens with zero attached hydrogens (tertiary/aromatic N) is 1. The maximum Gasteiger partial charge on any atom is 0.367 e. The molecule has 13 nitrogen and oxygen atoms in total. The standard InChI is InChI=1S/C13H22NO5P.C13H20NO5P.C2H6O.CH3B/c2*1-4-18-20(16,19-5-2)10-17-13-8-6-7-12(9-13)11(3)14-15;1-2-3;1-2/h6-9,11,14-15H,4-5,10H2,1-3H3;6-9,15H,4-5,10H2,1-3H3;3H,2H2,1H3;1H3/b;14-11+;;. The van der Waals surface area contributed by atoms with Crippen LogP contribution in [0.25, 0.3) is 0 Å². The molecule has 0 heterocycles. The maximum atomic E-state index is 12.2. The number of oxime groups is 1. The van der Waals surface area contributed by atoms with Crippen LogP contribution in [-0.4, -0.2) is 74.8 Å². The van der Waals surface area contributed by atoms with E-state index in [9.17, 15) is 9.13 Å². The molecule has 0 aliphatic rings. The fourth-order valence-corrected chi connectivity index (χ4v) is 5.77. The molecular formula is C29H51BN2O11P2. The molecular weight excluding hydrogens is 625 g/mol. The smallest absolute Gasteiger partial charge is 0.367 e. The molecule has 45 heavy (non-hydrogen) atoms. The lowest BCUT2D eigenvalue weighted by Crippen LogP contribution is -2.13. The normalized spacial score (nSPS) is 11.9. The highest BCUT2D eigenvalue weighted by Crippen LogP contribution is 2.48. The second-order valence-corrected chi connectivity index (χ2v) is 12.4. The SMILES string of the molecule is CCO.CCOP(=O)(COc1cccc(/C(C)=N/O)c1)OCC.CCOP(=O)(COc1cccc(C(C)NO)c1)OCC.[B]C. The first-order chi connectivity index (χ1) is 21.5. The highest BCUT2D eigenvalue weighted by molar-refractivity contribution is 7.53. The zero-order valence-corrected chi connectivity index (χ0v) is 29.5. The Morgan fingerprint density at radius 1 is 0.822 bits per heavy atom. The van der Waals surface area contributed by atoms with E-state index in [1.807, 2.05) is 13.0 Å². The van der Waals surface area contributed by atoms with Gasteiger partial charge in [-0.25, -0.2) is 0 Å². The molecule has 0 aromatic heterocycles. The van der Waals surface area contributed by atoms with Gasteiger partial charge < -0.3 is 43.1 Å². The summed E-state index contributed by atoms with van der Waals surface area (Å²) < 4.78 is 56.0. The predicted molar refractivity (Wildman–Crippen MR) is 177 cm³/mol. The number of aliphatic hydroxyl groups excluding tert-OH is 1. The second-order valence-electron chi connectivity index (χ2n) is 8.39. The van der Waals surface area contributed by atoms with Crippen LogP contribution in [0.4, 0.5) is 0 Å². The van der Waals surface area contributed by atoms with Gasteiger partial charge in [-0.3, -0.25) is 9.13 Å². The Hall–Kier alpha value is -2.25.